The molecule has 1 fully saturated rings. The number of rotatable bonds is 4. The van der Waals surface area contributed by atoms with Crippen LogP contribution in [0.25, 0.3) is 0 Å². The van der Waals surface area contributed by atoms with Gasteiger partial charge in [-0.15, -0.1) is 0 Å². The molecule has 0 aromatic rings. The predicted octanol–water partition coefficient (Wildman–Crippen LogP) is 0.771. The summed E-state index contributed by atoms with van der Waals surface area (Å²) in [6.07, 6.45) is 2.70. The Balaban J connectivity index is 2.45. The van der Waals surface area contributed by atoms with Crippen molar-refractivity contribution in [3.05, 3.63) is 0 Å². The van der Waals surface area contributed by atoms with Gasteiger partial charge in [-0.2, -0.15) is 0 Å². The first-order valence-corrected chi connectivity index (χ1v) is 5.68. The standard InChI is InChI=1S/C11H20N2O2/c1-3-4-9(2)8-13-6-5-10(14)12-7-11(13)15/h9H,3-8H2,1-2H3,(H,12,14). The van der Waals surface area contributed by atoms with Crippen molar-refractivity contribution in [1.82, 2.24) is 10.2 Å². The normalized spacial score (nSPS) is 19.7. The fraction of sp³-hybridized carbons (Fsp3) is 0.818. The molecule has 1 saturated heterocycles. The SMILES string of the molecule is CCCC(C)CN1CCC(=O)NCC1=O. The van der Waals surface area contributed by atoms with Gasteiger partial charge in [0.1, 0.15) is 0 Å². The van der Waals surface area contributed by atoms with Crippen molar-refractivity contribution in [1.29, 1.82) is 0 Å². The fourth-order valence-corrected chi connectivity index (χ4v) is 1.89. The van der Waals surface area contributed by atoms with E-state index in [2.05, 4.69) is 19.2 Å². The minimum atomic E-state index is -0.0194. The minimum absolute atomic E-state index is 0.0194. The van der Waals surface area contributed by atoms with Gasteiger partial charge in [-0.05, 0) is 12.3 Å². The van der Waals surface area contributed by atoms with E-state index >= 15 is 0 Å². The summed E-state index contributed by atoms with van der Waals surface area (Å²) in [4.78, 5) is 24.5. The zero-order valence-electron chi connectivity index (χ0n) is 9.58. The van der Waals surface area contributed by atoms with Gasteiger partial charge in [0.25, 0.3) is 0 Å². The number of nitrogens with one attached hydrogen (secondary N) is 1. The zero-order chi connectivity index (χ0) is 11.3. The van der Waals surface area contributed by atoms with Crippen LogP contribution in [-0.2, 0) is 9.59 Å². The van der Waals surface area contributed by atoms with Crippen molar-refractivity contribution in [3.63, 3.8) is 0 Å². The second-order valence-corrected chi connectivity index (χ2v) is 4.26. The molecule has 86 valence electrons. The van der Waals surface area contributed by atoms with Crippen LogP contribution in [0.5, 0.6) is 0 Å². The van der Waals surface area contributed by atoms with Gasteiger partial charge in [0.2, 0.25) is 11.8 Å². The number of nitrogens with zero attached hydrogens (tertiary/aromatic N) is 1. The molecule has 1 atom stereocenters. The molecule has 0 aliphatic carbocycles. The minimum Gasteiger partial charge on any atom is -0.347 e. The lowest BCUT2D eigenvalue weighted by molar-refractivity contribution is -0.130. The van der Waals surface area contributed by atoms with Crippen LogP contribution in [0.2, 0.25) is 0 Å². The van der Waals surface area contributed by atoms with Crippen molar-refractivity contribution in [2.24, 2.45) is 5.92 Å². The summed E-state index contributed by atoms with van der Waals surface area (Å²) < 4.78 is 0. The van der Waals surface area contributed by atoms with Crippen molar-refractivity contribution in [3.8, 4) is 0 Å². The van der Waals surface area contributed by atoms with Crippen LogP contribution in [0.1, 0.15) is 33.1 Å². The Morgan fingerprint density at radius 2 is 2.20 bits per heavy atom. The number of carbonyl (C=O) groups excluding carboxylic acids is 2. The van der Waals surface area contributed by atoms with Crippen molar-refractivity contribution >= 4 is 11.8 Å². The predicted molar refractivity (Wildman–Crippen MR) is 58.3 cm³/mol. The van der Waals surface area contributed by atoms with Crippen molar-refractivity contribution in [2.45, 2.75) is 33.1 Å². The monoisotopic (exact) mass is 212 g/mol. The summed E-state index contributed by atoms with van der Waals surface area (Å²) in [7, 11) is 0. The van der Waals surface area contributed by atoms with Gasteiger partial charge in [0, 0.05) is 19.5 Å². The molecule has 0 saturated carbocycles. The second kappa shape index (κ2) is 5.73. The average Bonchev–Trinajstić information content (AvgIpc) is 2.33. The van der Waals surface area contributed by atoms with Gasteiger partial charge in [0.15, 0.2) is 0 Å². The first-order chi connectivity index (χ1) is 7.13. The largest absolute Gasteiger partial charge is 0.347 e. The molecule has 4 nitrogen and oxygen atoms in total. The van der Waals surface area contributed by atoms with Crippen LogP contribution >= 0.6 is 0 Å². The van der Waals surface area contributed by atoms with Crippen molar-refractivity contribution < 1.29 is 9.59 Å². The van der Waals surface area contributed by atoms with E-state index in [9.17, 15) is 9.59 Å². The van der Waals surface area contributed by atoms with E-state index in [0.29, 0.717) is 18.9 Å². The Morgan fingerprint density at radius 1 is 1.47 bits per heavy atom. The Kier molecular flexibility index (Phi) is 4.59. The molecule has 0 aromatic carbocycles. The highest BCUT2D eigenvalue weighted by molar-refractivity contribution is 5.87. The first-order valence-electron chi connectivity index (χ1n) is 5.68. The van der Waals surface area contributed by atoms with Gasteiger partial charge >= 0.3 is 0 Å². The van der Waals surface area contributed by atoms with Gasteiger partial charge in [-0.25, -0.2) is 0 Å². The molecule has 1 heterocycles. The summed E-state index contributed by atoms with van der Waals surface area (Å²) in [6.45, 7) is 5.81. The van der Waals surface area contributed by atoms with Crippen molar-refractivity contribution in [2.75, 3.05) is 19.6 Å². The Bertz CT molecular complexity index is 241. The van der Waals surface area contributed by atoms with E-state index in [0.717, 1.165) is 19.4 Å². The second-order valence-electron chi connectivity index (χ2n) is 4.26. The molecule has 15 heavy (non-hydrogen) atoms. The smallest absolute Gasteiger partial charge is 0.241 e. The maximum Gasteiger partial charge on any atom is 0.241 e. The number of hydrogen-bond donors (Lipinski definition) is 1. The van der Waals surface area contributed by atoms with Crippen LogP contribution in [-0.4, -0.2) is 36.3 Å². The van der Waals surface area contributed by atoms with Crippen LogP contribution in [0.3, 0.4) is 0 Å². The average molecular weight is 212 g/mol. The van der Waals surface area contributed by atoms with Crippen LogP contribution in [0.4, 0.5) is 0 Å². The molecule has 2 amide bonds. The van der Waals surface area contributed by atoms with Crippen LogP contribution in [0.15, 0.2) is 0 Å². The maximum atomic E-state index is 11.6. The molecule has 1 aliphatic heterocycles. The van der Waals surface area contributed by atoms with Gasteiger partial charge in [-0.3, -0.25) is 9.59 Å². The molecule has 4 heteroatoms. The zero-order valence-corrected chi connectivity index (χ0v) is 9.58. The first kappa shape index (κ1) is 12.0. The van der Waals surface area contributed by atoms with E-state index in [1.165, 1.54) is 0 Å². The van der Waals surface area contributed by atoms with Gasteiger partial charge in [0.05, 0.1) is 6.54 Å². The Labute approximate surface area is 91.0 Å². The highest BCUT2D eigenvalue weighted by Crippen LogP contribution is 2.09. The molecule has 1 aliphatic rings. The van der Waals surface area contributed by atoms with E-state index in [1.54, 1.807) is 4.90 Å². The lowest BCUT2D eigenvalue weighted by Gasteiger charge is -2.23. The van der Waals surface area contributed by atoms with E-state index < -0.39 is 0 Å². The number of carbonyl (C=O) groups is 2. The molecule has 0 spiro atoms. The highest BCUT2D eigenvalue weighted by Gasteiger charge is 2.20. The number of hydrogen-bond acceptors (Lipinski definition) is 2. The molecule has 0 bridgehead atoms. The van der Waals surface area contributed by atoms with E-state index in [1.807, 2.05) is 0 Å². The fourth-order valence-electron chi connectivity index (χ4n) is 1.89. The third-order valence-electron chi connectivity index (χ3n) is 2.71. The molecule has 1 unspecified atom stereocenters. The molecule has 1 N–H and O–H groups in total. The Morgan fingerprint density at radius 3 is 2.87 bits per heavy atom. The molecular formula is C11H20N2O2. The molecule has 0 radical (unpaired) electrons. The third kappa shape index (κ3) is 3.90. The quantitative estimate of drug-likeness (QED) is 0.748. The van der Waals surface area contributed by atoms with Crippen LogP contribution in [0, 0.1) is 5.92 Å². The van der Waals surface area contributed by atoms with Gasteiger partial charge in [-0.1, -0.05) is 20.3 Å². The summed E-state index contributed by atoms with van der Waals surface area (Å²) >= 11 is 0. The highest BCUT2D eigenvalue weighted by atomic mass is 16.2. The maximum absolute atomic E-state index is 11.6. The summed E-state index contributed by atoms with van der Waals surface area (Å²) in [6, 6.07) is 0. The molecular weight excluding hydrogens is 192 g/mol. The summed E-state index contributed by atoms with van der Waals surface area (Å²) in [5.74, 6) is 0.546. The van der Waals surface area contributed by atoms with E-state index in [4.69, 9.17) is 0 Å². The lowest BCUT2D eigenvalue weighted by atomic mass is 10.1. The van der Waals surface area contributed by atoms with Crippen LogP contribution < -0.4 is 5.32 Å². The topological polar surface area (TPSA) is 49.4 Å². The summed E-state index contributed by atoms with van der Waals surface area (Å²) in [5, 5.41) is 2.60. The molecule has 1 rings (SSSR count). The lowest BCUT2D eigenvalue weighted by Crippen LogP contribution is -2.37. The summed E-state index contributed by atoms with van der Waals surface area (Å²) in [5.41, 5.74) is 0. The molecule has 0 aromatic heterocycles. The number of amides is 2. The van der Waals surface area contributed by atoms with Gasteiger partial charge < -0.3 is 10.2 Å². The van der Waals surface area contributed by atoms with E-state index in [-0.39, 0.29) is 18.4 Å². The Hall–Kier alpha value is -1.06. The third-order valence-corrected chi connectivity index (χ3v) is 2.71.